The first-order valence-corrected chi connectivity index (χ1v) is 8.12. The smallest absolute Gasteiger partial charge is 0.270 e. The van der Waals surface area contributed by atoms with Crippen LogP contribution in [0.2, 0.25) is 0 Å². The van der Waals surface area contributed by atoms with E-state index < -0.39 is 6.10 Å². The van der Waals surface area contributed by atoms with Gasteiger partial charge in [0, 0.05) is 11.6 Å². The summed E-state index contributed by atoms with van der Waals surface area (Å²) >= 11 is 0. The normalized spacial score (nSPS) is 30.1. The zero-order chi connectivity index (χ0) is 15.8. The van der Waals surface area contributed by atoms with Crippen molar-refractivity contribution in [1.82, 2.24) is 20.6 Å². The maximum Gasteiger partial charge on any atom is 0.270 e. The summed E-state index contributed by atoms with van der Waals surface area (Å²) in [5.41, 5.74) is 0.902. The summed E-state index contributed by atoms with van der Waals surface area (Å²) in [6.45, 7) is 1.95. The fraction of sp³-hybridized carbons (Fsp3) is 0.471. The topological polar surface area (TPSA) is 87.1 Å². The minimum Gasteiger partial charge on any atom is -0.391 e. The van der Waals surface area contributed by atoms with E-state index in [1.807, 2.05) is 18.2 Å². The van der Waals surface area contributed by atoms with Gasteiger partial charge in [0.2, 0.25) is 0 Å². The Morgan fingerprint density at radius 2 is 2.04 bits per heavy atom. The molecular formula is C17H20N4O2. The Balaban J connectivity index is 1.49. The molecule has 3 N–H and O–H groups in total. The van der Waals surface area contributed by atoms with Crippen molar-refractivity contribution in [3.63, 3.8) is 0 Å². The number of rotatable bonds is 2. The summed E-state index contributed by atoms with van der Waals surface area (Å²) in [6.07, 6.45) is 2.74. The monoisotopic (exact) mass is 312 g/mol. The van der Waals surface area contributed by atoms with Gasteiger partial charge in [-0.05, 0) is 62.0 Å². The third-order valence-corrected chi connectivity index (χ3v) is 5.06. The summed E-state index contributed by atoms with van der Waals surface area (Å²) < 4.78 is 0. The minimum absolute atomic E-state index is 0.204. The molecule has 1 aliphatic heterocycles. The number of nitrogens with one attached hydrogen (secondary N) is 2. The molecule has 2 fully saturated rings. The molecule has 2 aromatic heterocycles. The lowest BCUT2D eigenvalue weighted by atomic mass is 9.77. The van der Waals surface area contributed by atoms with E-state index >= 15 is 0 Å². The van der Waals surface area contributed by atoms with Gasteiger partial charge in [0.05, 0.1) is 12.1 Å². The first-order valence-electron chi connectivity index (χ1n) is 8.12. The number of aliphatic hydroxyl groups is 1. The number of carbonyl (C=O) groups is 1. The molecule has 0 bridgehead atoms. The van der Waals surface area contributed by atoms with Gasteiger partial charge in [0.1, 0.15) is 5.69 Å². The van der Waals surface area contributed by atoms with Crippen LogP contribution < -0.4 is 10.6 Å². The highest BCUT2D eigenvalue weighted by atomic mass is 16.3. The number of aliphatic hydroxyl groups excluding tert-OH is 1. The highest BCUT2D eigenvalue weighted by Crippen LogP contribution is 2.33. The molecule has 0 unspecified atom stereocenters. The van der Waals surface area contributed by atoms with Crippen molar-refractivity contribution >= 4 is 16.9 Å². The average Bonchev–Trinajstić information content (AvgIpc) is 3.01. The number of aromatic nitrogens is 2. The van der Waals surface area contributed by atoms with Gasteiger partial charge >= 0.3 is 0 Å². The van der Waals surface area contributed by atoms with Crippen molar-refractivity contribution in [1.29, 1.82) is 0 Å². The molecule has 6 heteroatoms. The number of hydrogen-bond donors (Lipinski definition) is 3. The van der Waals surface area contributed by atoms with E-state index in [-0.39, 0.29) is 11.9 Å². The van der Waals surface area contributed by atoms with Crippen LogP contribution >= 0.6 is 0 Å². The van der Waals surface area contributed by atoms with Gasteiger partial charge in [0.15, 0.2) is 5.65 Å². The van der Waals surface area contributed by atoms with Crippen LogP contribution in [-0.2, 0) is 0 Å². The van der Waals surface area contributed by atoms with Crippen LogP contribution in [-0.4, -0.2) is 46.2 Å². The molecule has 1 amide bonds. The molecule has 6 nitrogen and oxygen atoms in total. The number of hydrogen-bond acceptors (Lipinski definition) is 5. The van der Waals surface area contributed by atoms with Crippen molar-refractivity contribution in [3.05, 3.63) is 36.2 Å². The predicted molar refractivity (Wildman–Crippen MR) is 85.9 cm³/mol. The second kappa shape index (κ2) is 5.86. The molecule has 1 saturated carbocycles. The third-order valence-electron chi connectivity index (χ3n) is 5.06. The quantitative estimate of drug-likeness (QED) is 0.760. The molecular weight excluding hydrogens is 292 g/mol. The molecule has 4 atom stereocenters. The SMILES string of the molecule is O=C(N[C@H]1C[C@H]2CNC[C@H]2C[C@@H]1O)c1ccc2cccnc2n1. The summed E-state index contributed by atoms with van der Waals surface area (Å²) in [7, 11) is 0. The first-order chi connectivity index (χ1) is 11.2. The fourth-order valence-electron chi connectivity index (χ4n) is 3.77. The maximum absolute atomic E-state index is 12.5. The molecule has 2 aliphatic rings. The maximum atomic E-state index is 12.5. The van der Waals surface area contributed by atoms with Crippen molar-refractivity contribution in [2.45, 2.75) is 25.0 Å². The van der Waals surface area contributed by atoms with Crippen molar-refractivity contribution in [3.8, 4) is 0 Å². The highest BCUT2D eigenvalue weighted by molar-refractivity contribution is 5.94. The second-order valence-corrected chi connectivity index (χ2v) is 6.54. The van der Waals surface area contributed by atoms with E-state index in [2.05, 4.69) is 20.6 Å². The molecule has 4 rings (SSSR count). The zero-order valence-corrected chi connectivity index (χ0v) is 12.8. The predicted octanol–water partition coefficient (Wildman–Crippen LogP) is 0.718. The molecule has 3 heterocycles. The Kier molecular flexibility index (Phi) is 3.71. The van der Waals surface area contributed by atoms with Crippen LogP contribution in [0.4, 0.5) is 0 Å². The van der Waals surface area contributed by atoms with E-state index in [4.69, 9.17) is 0 Å². The lowest BCUT2D eigenvalue weighted by molar-refractivity contribution is 0.0460. The van der Waals surface area contributed by atoms with Crippen molar-refractivity contribution < 1.29 is 9.90 Å². The number of nitrogens with zero attached hydrogens (tertiary/aromatic N) is 2. The van der Waals surface area contributed by atoms with Gasteiger partial charge < -0.3 is 15.7 Å². The van der Waals surface area contributed by atoms with E-state index in [9.17, 15) is 9.90 Å². The van der Waals surface area contributed by atoms with Crippen LogP contribution in [0.25, 0.3) is 11.0 Å². The van der Waals surface area contributed by atoms with Crippen molar-refractivity contribution in [2.24, 2.45) is 11.8 Å². The summed E-state index contributed by atoms with van der Waals surface area (Å²) in [5, 5.41) is 17.5. The van der Waals surface area contributed by atoms with Crippen LogP contribution in [0.15, 0.2) is 30.5 Å². The largest absolute Gasteiger partial charge is 0.391 e. The van der Waals surface area contributed by atoms with Gasteiger partial charge in [-0.1, -0.05) is 0 Å². The van der Waals surface area contributed by atoms with Crippen LogP contribution in [0.5, 0.6) is 0 Å². The standard InChI is InChI=1S/C17H20N4O2/c22-15-7-12-9-18-8-11(12)6-14(15)21-17(23)13-4-3-10-2-1-5-19-16(10)20-13/h1-5,11-12,14-15,18,22H,6-9H2,(H,21,23)/t11-,12+,14-,15-/m0/s1. The lowest BCUT2D eigenvalue weighted by Crippen LogP contribution is -2.49. The van der Waals surface area contributed by atoms with E-state index in [1.54, 1.807) is 12.3 Å². The van der Waals surface area contributed by atoms with Gasteiger partial charge in [0.25, 0.3) is 5.91 Å². The number of fused-ring (bicyclic) bond motifs is 2. The molecule has 1 saturated heterocycles. The second-order valence-electron chi connectivity index (χ2n) is 6.54. The molecule has 1 aliphatic carbocycles. The summed E-state index contributed by atoms with van der Waals surface area (Å²) in [5.74, 6) is 0.821. The van der Waals surface area contributed by atoms with Crippen LogP contribution in [0.3, 0.4) is 0 Å². The molecule has 120 valence electrons. The number of carbonyl (C=O) groups excluding carboxylic acids is 1. The number of pyridine rings is 2. The molecule has 0 spiro atoms. The Morgan fingerprint density at radius 1 is 1.22 bits per heavy atom. The Bertz CT molecular complexity index is 735. The summed E-state index contributed by atoms with van der Waals surface area (Å²) in [4.78, 5) is 21.0. The van der Waals surface area contributed by atoms with Gasteiger partial charge in [-0.25, -0.2) is 9.97 Å². The fourth-order valence-corrected chi connectivity index (χ4v) is 3.77. The van der Waals surface area contributed by atoms with Gasteiger partial charge in [-0.3, -0.25) is 4.79 Å². The Labute approximate surface area is 134 Å². The van der Waals surface area contributed by atoms with Crippen LogP contribution in [0.1, 0.15) is 23.3 Å². The Hall–Kier alpha value is -2.05. The van der Waals surface area contributed by atoms with E-state index in [1.165, 1.54) is 0 Å². The molecule has 0 radical (unpaired) electrons. The van der Waals surface area contributed by atoms with Gasteiger partial charge in [-0.2, -0.15) is 0 Å². The lowest BCUT2D eigenvalue weighted by Gasteiger charge is -2.35. The molecule has 0 aromatic carbocycles. The molecule has 23 heavy (non-hydrogen) atoms. The highest BCUT2D eigenvalue weighted by Gasteiger charge is 2.39. The number of amides is 1. The van der Waals surface area contributed by atoms with E-state index in [0.29, 0.717) is 23.2 Å². The first kappa shape index (κ1) is 14.5. The zero-order valence-electron chi connectivity index (χ0n) is 12.8. The summed E-state index contributed by atoms with van der Waals surface area (Å²) in [6, 6.07) is 7.10. The van der Waals surface area contributed by atoms with Crippen molar-refractivity contribution in [2.75, 3.05) is 13.1 Å². The van der Waals surface area contributed by atoms with Gasteiger partial charge in [-0.15, -0.1) is 0 Å². The Morgan fingerprint density at radius 3 is 2.91 bits per heavy atom. The van der Waals surface area contributed by atoms with E-state index in [0.717, 1.165) is 31.3 Å². The third kappa shape index (κ3) is 2.80. The molecule has 2 aromatic rings. The van der Waals surface area contributed by atoms with Crippen LogP contribution in [0, 0.1) is 11.8 Å². The minimum atomic E-state index is -0.487. The average molecular weight is 312 g/mol.